The van der Waals surface area contributed by atoms with Crippen molar-refractivity contribution in [3.05, 3.63) is 71.3 Å². The summed E-state index contributed by atoms with van der Waals surface area (Å²) in [6.45, 7) is 1.20. The van der Waals surface area contributed by atoms with E-state index >= 15 is 0 Å². The standard InChI is InChI=1S/C18H21F2N3/c1-21-18(23(2)13-14-7-4-3-5-8-14)22-12-11-15-9-6-10-16(19)17(15)20/h3-10H,11-13H2,1-2H3,(H,21,22). The Bertz CT molecular complexity index is 657. The quantitative estimate of drug-likeness (QED) is 0.677. The van der Waals surface area contributed by atoms with Crippen molar-refractivity contribution < 1.29 is 8.78 Å². The molecule has 2 aromatic carbocycles. The molecule has 23 heavy (non-hydrogen) atoms. The first-order valence-electron chi connectivity index (χ1n) is 7.50. The SMILES string of the molecule is CN=C(NCCc1cccc(F)c1F)N(C)Cc1ccccc1. The van der Waals surface area contributed by atoms with E-state index in [0.717, 1.165) is 12.6 Å². The Balaban J connectivity index is 1.89. The molecule has 0 unspecified atom stereocenters. The molecule has 0 saturated heterocycles. The van der Waals surface area contributed by atoms with Gasteiger partial charge >= 0.3 is 0 Å². The maximum atomic E-state index is 13.6. The number of aliphatic imine (C=N–C) groups is 1. The molecule has 0 aromatic heterocycles. The molecule has 0 aliphatic heterocycles. The summed E-state index contributed by atoms with van der Waals surface area (Å²) in [4.78, 5) is 6.20. The second-order valence-corrected chi connectivity index (χ2v) is 5.28. The van der Waals surface area contributed by atoms with Crippen molar-refractivity contribution in [2.45, 2.75) is 13.0 Å². The van der Waals surface area contributed by atoms with Crippen LogP contribution < -0.4 is 5.32 Å². The monoisotopic (exact) mass is 317 g/mol. The van der Waals surface area contributed by atoms with Crippen LogP contribution in [-0.4, -0.2) is 31.5 Å². The van der Waals surface area contributed by atoms with Crippen molar-refractivity contribution in [1.82, 2.24) is 10.2 Å². The van der Waals surface area contributed by atoms with Crippen LogP contribution in [0.15, 0.2) is 53.5 Å². The normalized spacial score (nSPS) is 11.4. The summed E-state index contributed by atoms with van der Waals surface area (Å²) in [7, 11) is 3.64. The van der Waals surface area contributed by atoms with E-state index in [1.165, 1.54) is 11.6 Å². The van der Waals surface area contributed by atoms with Crippen molar-refractivity contribution in [2.75, 3.05) is 20.6 Å². The molecule has 3 nitrogen and oxygen atoms in total. The fourth-order valence-electron chi connectivity index (χ4n) is 2.37. The van der Waals surface area contributed by atoms with Crippen molar-refractivity contribution >= 4 is 5.96 Å². The van der Waals surface area contributed by atoms with Gasteiger partial charge < -0.3 is 10.2 Å². The van der Waals surface area contributed by atoms with Crippen LogP contribution in [0.5, 0.6) is 0 Å². The molecule has 2 rings (SSSR count). The third-order valence-corrected chi connectivity index (χ3v) is 3.54. The van der Waals surface area contributed by atoms with E-state index in [1.807, 2.05) is 42.3 Å². The van der Waals surface area contributed by atoms with Crippen LogP contribution >= 0.6 is 0 Å². The molecule has 0 heterocycles. The van der Waals surface area contributed by atoms with E-state index in [9.17, 15) is 8.78 Å². The zero-order valence-corrected chi connectivity index (χ0v) is 13.4. The van der Waals surface area contributed by atoms with Crippen molar-refractivity contribution in [1.29, 1.82) is 0 Å². The first-order valence-corrected chi connectivity index (χ1v) is 7.50. The highest BCUT2D eigenvalue weighted by atomic mass is 19.2. The summed E-state index contributed by atoms with van der Waals surface area (Å²) in [6, 6.07) is 14.3. The third kappa shape index (κ3) is 4.77. The minimum absolute atomic E-state index is 0.360. The second kappa shape index (κ2) is 8.27. The van der Waals surface area contributed by atoms with Gasteiger partial charge in [-0.15, -0.1) is 0 Å². The Hall–Kier alpha value is -2.43. The highest BCUT2D eigenvalue weighted by molar-refractivity contribution is 5.79. The van der Waals surface area contributed by atoms with E-state index in [4.69, 9.17) is 0 Å². The van der Waals surface area contributed by atoms with Crippen LogP contribution in [0, 0.1) is 11.6 Å². The van der Waals surface area contributed by atoms with E-state index in [-0.39, 0.29) is 0 Å². The van der Waals surface area contributed by atoms with Crippen LogP contribution in [0.2, 0.25) is 0 Å². The molecule has 0 bridgehead atoms. The summed E-state index contributed by atoms with van der Waals surface area (Å²) in [5, 5.41) is 3.17. The fraction of sp³-hybridized carbons (Fsp3) is 0.278. The summed E-state index contributed by atoms with van der Waals surface area (Å²) < 4.78 is 26.8. The molecule has 0 fully saturated rings. The van der Waals surface area contributed by atoms with Gasteiger partial charge in [0.2, 0.25) is 0 Å². The van der Waals surface area contributed by atoms with Gasteiger partial charge in [-0.05, 0) is 23.6 Å². The number of hydrogen-bond acceptors (Lipinski definition) is 1. The minimum atomic E-state index is -0.812. The van der Waals surface area contributed by atoms with E-state index in [1.54, 1.807) is 13.1 Å². The van der Waals surface area contributed by atoms with Gasteiger partial charge in [0.25, 0.3) is 0 Å². The number of hydrogen-bond donors (Lipinski definition) is 1. The zero-order valence-electron chi connectivity index (χ0n) is 13.4. The Morgan fingerprint density at radius 2 is 1.83 bits per heavy atom. The number of benzene rings is 2. The zero-order chi connectivity index (χ0) is 16.7. The van der Waals surface area contributed by atoms with Crippen molar-refractivity contribution in [2.24, 2.45) is 4.99 Å². The first-order chi connectivity index (χ1) is 11.1. The number of nitrogens with one attached hydrogen (secondary N) is 1. The molecule has 5 heteroatoms. The molecule has 0 spiro atoms. The molecule has 0 aliphatic rings. The Labute approximate surface area is 135 Å². The predicted octanol–water partition coefficient (Wildman–Crippen LogP) is 3.21. The minimum Gasteiger partial charge on any atom is -0.356 e. The van der Waals surface area contributed by atoms with Gasteiger partial charge in [0.05, 0.1) is 0 Å². The second-order valence-electron chi connectivity index (χ2n) is 5.28. The number of halogens is 2. The van der Waals surface area contributed by atoms with Gasteiger partial charge in [0, 0.05) is 27.2 Å². The van der Waals surface area contributed by atoms with Crippen LogP contribution in [0.3, 0.4) is 0 Å². The number of nitrogens with zero attached hydrogens (tertiary/aromatic N) is 2. The van der Waals surface area contributed by atoms with Gasteiger partial charge in [-0.3, -0.25) is 4.99 Å². The van der Waals surface area contributed by atoms with Gasteiger partial charge in [-0.25, -0.2) is 8.78 Å². The first kappa shape index (κ1) is 16.9. The Morgan fingerprint density at radius 1 is 1.09 bits per heavy atom. The molecule has 0 atom stereocenters. The summed E-state index contributed by atoms with van der Waals surface area (Å²) >= 11 is 0. The van der Waals surface area contributed by atoms with Gasteiger partial charge in [0.15, 0.2) is 17.6 Å². The lowest BCUT2D eigenvalue weighted by Crippen LogP contribution is -2.39. The topological polar surface area (TPSA) is 27.6 Å². The summed E-state index contributed by atoms with van der Waals surface area (Å²) in [5.41, 5.74) is 1.53. The fourth-order valence-corrected chi connectivity index (χ4v) is 2.37. The average Bonchev–Trinajstić information content (AvgIpc) is 2.56. The molecule has 1 N–H and O–H groups in total. The summed E-state index contributed by atoms with van der Waals surface area (Å²) in [6.07, 6.45) is 0.391. The van der Waals surface area contributed by atoms with E-state index in [0.29, 0.717) is 24.5 Å². The van der Waals surface area contributed by atoms with Crippen LogP contribution in [0.25, 0.3) is 0 Å². The number of guanidine groups is 1. The molecule has 0 aliphatic carbocycles. The Kier molecular flexibility index (Phi) is 6.09. The highest BCUT2D eigenvalue weighted by Gasteiger charge is 2.09. The molecule has 122 valence electrons. The molecular formula is C18H21F2N3. The van der Waals surface area contributed by atoms with Crippen LogP contribution in [0.1, 0.15) is 11.1 Å². The lowest BCUT2D eigenvalue weighted by Gasteiger charge is -2.22. The molecule has 0 saturated carbocycles. The Morgan fingerprint density at radius 3 is 2.52 bits per heavy atom. The molecule has 0 amide bonds. The third-order valence-electron chi connectivity index (χ3n) is 3.54. The van der Waals surface area contributed by atoms with E-state index in [2.05, 4.69) is 10.3 Å². The molecule has 0 radical (unpaired) electrons. The highest BCUT2D eigenvalue weighted by Crippen LogP contribution is 2.11. The van der Waals surface area contributed by atoms with Gasteiger partial charge in [0.1, 0.15) is 0 Å². The number of rotatable bonds is 5. The van der Waals surface area contributed by atoms with Crippen LogP contribution in [-0.2, 0) is 13.0 Å². The van der Waals surface area contributed by atoms with Crippen molar-refractivity contribution in [3.8, 4) is 0 Å². The largest absolute Gasteiger partial charge is 0.356 e. The lowest BCUT2D eigenvalue weighted by atomic mass is 10.1. The van der Waals surface area contributed by atoms with Crippen molar-refractivity contribution in [3.63, 3.8) is 0 Å². The van der Waals surface area contributed by atoms with Gasteiger partial charge in [-0.2, -0.15) is 0 Å². The average molecular weight is 317 g/mol. The summed E-state index contributed by atoms with van der Waals surface area (Å²) in [5.74, 6) is -0.874. The molecule has 2 aromatic rings. The van der Waals surface area contributed by atoms with Crippen LogP contribution in [0.4, 0.5) is 8.78 Å². The maximum absolute atomic E-state index is 13.6. The smallest absolute Gasteiger partial charge is 0.193 e. The van der Waals surface area contributed by atoms with Gasteiger partial charge in [-0.1, -0.05) is 42.5 Å². The molecular weight excluding hydrogens is 296 g/mol. The predicted molar refractivity (Wildman–Crippen MR) is 89.3 cm³/mol. The maximum Gasteiger partial charge on any atom is 0.193 e. The van der Waals surface area contributed by atoms with E-state index < -0.39 is 11.6 Å². The lowest BCUT2D eigenvalue weighted by molar-refractivity contribution is 0.474.